The molecule has 18 heavy (non-hydrogen) atoms. The first-order valence-corrected chi connectivity index (χ1v) is 6.96. The van der Waals surface area contributed by atoms with Gasteiger partial charge in [-0.05, 0) is 43.6 Å². The Morgan fingerprint density at radius 2 is 2.00 bits per heavy atom. The van der Waals surface area contributed by atoms with Crippen LogP contribution in [0.5, 0.6) is 0 Å². The molecule has 1 saturated heterocycles. The van der Waals surface area contributed by atoms with Gasteiger partial charge < -0.3 is 15.3 Å². The average molecular weight is 248 g/mol. The predicted molar refractivity (Wildman–Crippen MR) is 74.3 cm³/mol. The van der Waals surface area contributed by atoms with E-state index in [4.69, 9.17) is 5.11 Å². The van der Waals surface area contributed by atoms with Crippen LogP contribution < -0.4 is 5.32 Å². The number of rotatable bonds is 5. The molecule has 1 heterocycles. The van der Waals surface area contributed by atoms with Gasteiger partial charge in [-0.2, -0.15) is 0 Å². The molecule has 0 radical (unpaired) electrons. The van der Waals surface area contributed by atoms with E-state index in [1.807, 2.05) is 12.1 Å². The van der Waals surface area contributed by atoms with Crippen LogP contribution in [0.3, 0.4) is 0 Å². The number of hydrogen-bond donors (Lipinski definition) is 2. The molecule has 1 aliphatic heterocycles. The second kappa shape index (κ2) is 6.88. The van der Waals surface area contributed by atoms with Gasteiger partial charge in [0.1, 0.15) is 0 Å². The zero-order chi connectivity index (χ0) is 12.8. The summed E-state index contributed by atoms with van der Waals surface area (Å²) < 4.78 is 0. The van der Waals surface area contributed by atoms with Gasteiger partial charge >= 0.3 is 0 Å². The van der Waals surface area contributed by atoms with Gasteiger partial charge in [-0.15, -0.1) is 0 Å². The Morgan fingerprint density at radius 3 is 2.67 bits per heavy atom. The fraction of sp³-hybridized carbons (Fsp3) is 0.600. The molecule has 1 aromatic rings. The van der Waals surface area contributed by atoms with E-state index in [-0.39, 0.29) is 6.61 Å². The number of aliphatic hydroxyl groups is 1. The summed E-state index contributed by atoms with van der Waals surface area (Å²) in [5, 5.41) is 12.7. The van der Waals surface area contributed by atoms with Gasteiger partial charge in [0.05, 0.1) is 6.61 Å². The Bertz CT molecular complexity index is 359. The fourth-order valence-electron chi connectivity index (χ4n) is 2.55. The van der Waals surface area contributed by atoms with Crippen molar-refractivity contribution in [3.8, 4) is 0 Å². The molecule has 0 atom stereocenters. The predicted octanol–water partition coefficient (Wildman–Crippen LogP) is 1.75. The third-order valence-electron chi connectivity index (χ3n) is 3.80. The van der Waals surface area contributed by atoms with Crippen LogP contribution in [0.1, 0.15) is 30.9 Å². The van der Waals surface area contributed by atoms with Crippen LogP contribution in [0.25, 0.3) is 0 Å². The lowest BCUT2D eigenvalue weighted by molar-refractivity contribution is 0.206. The molecule has 100 valence electrons. The van der Waals surface area contributed by atoms with Gasteiger partial charge in [-0.25, -0.2) is 0 Å². The molecular formula is C15H24N2O. The zero-order valence-electron chi connectivity index (χ0n) is 11.2. The van der Waals surface area contributed by atoms with E-state index in [0.29, 0.717) is 6.04 Å². The first kappa shape index (κ1) is 13.5. The summed E-state index contributed by atoms with van der Waals surface area (Å²) in [6.45, 7) is 6.86. The van der Waals surface area contributed by atoms with Crippen molar-refractivity contribution in [1.29, 1.82) is 0 Å². The Balaban J connectivity index is 1.77. The van der Waals surface area contributed by atoms with Gasteiger partial charge in [0.25, 0.3) is 0 Å². The highest BCUT2D eigenvalue weighted by atomic mass is 16.3. The SMILES string of the molecule is CCN1CCC(NCc2cccc(CO)c2)CC1. The van der Waals surface area contributed by atoms with Gasteiger partial charge in [0.15, 0.2) is 0 Å². The number of piperidine rings is 1. The van der Waals surface area contributed by atoms with E-state index in [1.165, 1.54) is 38.0 Å². The summed E-state index contributed by atoms with van der Waals surface area (Å²) in [5.41, 5.74) is 2.26. The first-order valence-electron chi connectivity index (χ1n) is 6.96. The number of benzene rings is 1. The van der Waals surface area contributed by atoms with Crippen LogP contribution in [-0.4, -0.2) is 35.7 Å². The Morgan fingerprint density at radius 1 is 1.28 bits per heavy atom. The van der Waals surface area contributed by atoms with Crippen molar-refractivity contribution in [3.63, 3.8) is 0 Å². The van der Waals surface area contributed by atoms with Crippen LogP contribution in [0.2, 0.25) is 0 Å². The van der Waals surface area contributed by atoms with Gasteiger partial charge in [-0.3, -0.25) is 0 Å². The van der Waals surface area contributed by atoms with E-state index in [9.17, 15) is 0 Å². The summed E-state index contributed by atoms with van der Waals surface area (Å²) >= 11 is 0. The van der Waals surface area contributed by atoms with E-state index >= 15 is 0 Å². The lowest BCUT2D eigenvalue weighted by Gasteiger charge is -2.31. The van der Waals surface area contributed by atoms with E-state index in [1.54, 1.807) is 0 Å². The van der Waals surface area contributed by atoms with Crippen molar-refractivity contribution in [1.82, 2.24) is 10.2 Å². The van der Waals surface area contributed by atoms with Gasteiger partial charge in [-0.1, -0.05) is 31.2 Å². The molecule has 3 heteroatoms. The summed E-state index contributed by atoms with van der Waals surface area (Å²) in [4.78, 5) is 2.50. The van der Waals surface area contributed by atoms with Crippen LogP contribution in [0.15, 0.2) is 24.3 Å². The topological polar surface area (TPSA) is 35.5 Å². The number of nitrogens with zero attached hydrogens (tertiary/aromatic N) is 1. The van der Waals surface area contributed by atoms with Crippen molar-refractivity contribution in [2.24, 2.45) is 0 Å². The first-order chi connectivity index (χ1) is 8.81. The summed E-state index contributed by atoms with van der Waals surface area (Å²) in [7, 11) is 0. The Kier molecular flexibility index (Phi) is 5.17. The summed E-state index contributed by atoms with van der Waals surface area (Å²) in [6.07, 6.45) is 2.49. The minimum Gasteiger partial charge on any atom is -0.392 e. The molecule has 1 aliphatic rings. The van der Waals surface area contributed by atoms with Crippen molar-refractivity contribution < 1.29 is 5.11 Å². The smallest absolute Gasteiger partial charge is 0.0681 e. The van der Waals surface area contributed by atoms with Gasteiger partial charge in [0.2, 0.25) is 0 Å². The Hall–Kier alpha value is -0.900. The molecule has 0 saturated carbocycles. The monoisotopic (exact) mass is 248 g/mol. The van der Waals surface area contributed by atoms with Crippen molar-refractivity contribution in [3.05, 3.63) is 35.4 Å². The van der Waals surface area contributed by atoms with E-state index < -0.39 is 0 Å². The van der Waals surface area contributed by atoms with Crippen molar-refractivity contribution >= 4 is 0 Å². The maximum Gasteiger partial charge on any atom is 0.0681 e. The highest BCUT2D eigenvalue weighted by Gasteiger charge is 2.17. The molecule has 0 amide bonds. The standard InChI is InChI=1S/C15H24N2O/c1-2-17-8-6-15(7-9-17)16-11-13-4-3-5-14(10-13)12-18/h3-5,10,15-16,18H,2,6-9,11-12H2,1H3. The van der Waals surface area contributed by atoms with E-state index in [0.717, 1.165) is 12.1 Å². The lowest BCUT2D eigenvalue weighted by atomic mass is 10.0. The number of hydrogen-bond acceptors (Lipinski definition) is 3. The molecule has 2 rings (SSSR count). The number of nitrogens with one attached hydrogen (secondary N) is 1. The van der Waals surface area contributed by atoms with Crippen molar-refractivity contribution in [2.45, 2.75) is 39.0 Å². The van der Waals surface area contributed by atoms with Crippen LogP contribution in [-0.2, 0) is 13.2 Å². The molecule has 1 fully saturated rings. The highest BCUT2D eigenvalue weighted by molar-refractivity contribution is 5.22. The molecule has 3 nitrogen and oxygen atoms in total. The minimum atomic E-state index is 0.128. The van der Waals surface area contributed by atoms with Crippen LogP contribution >= 0.6 is 0 Å². The molecule has 0 unspecified atom stereocenters. The third kappa shape index (κ3) is 3.80. The molecule has 1 aromatic carbocycles. The number of aliphatic hydroxyl groups excluding tert-OH is 1. The number of likely N-dealkylation sites (tertiary alicyclic amines) is 1. The average Bonchev–Trinajstić information content (AvgIpc) is 2.46. The van der Waals surface area contributed by atoms with Crippen LogP contribution in [0, 0.1) is 0 Å². The fourth-order valence-corrected chi connectivity index (χ4v) is 2.55. The maximum atomic E-state index is 9.11. The Labute approximate surface area is 110 Å². The molecule has 0 bridgehead atoms. The third-order valence-corrected chi connectivity index (χ3v) is 3.80. The molecule has 0 spiro atoms. The molecular weight excluding hydrogens is 224 g/mol. The van der Waals surface area contributed by atoms with Gasteiger partial charge in [0, 0.05) is 12.6 Å². The largest absolute Gasteiger partial charge is 0.392 e. The lowest BCUT2D eigenvalue weighted by Crippen LogP contribution is -2.42. The summed E-state index contributed by atoms with van der Waals surface area (Å²) in [6, 6.07) is 8.82. The summed E-state index contributed by atoms with van der Waals surface area (Å²) in [5.74, 6) is 0. The second-order valence-corrected chi connectivity index (χ2v) is 5.07. The minimum absolute atomic E-state index is 0.128. The highest BCUT2D eigenvalue weighted by Crippen LogP contribution is 2.11. The van der Waals surface area contributed by atoms with Crippen LogP contribution in [0.4, 0.5) is 0 Å². The molecule has 0 aliphatic carbocycles. The molecule has 0 aromatic heterocycles. The normalized spacial score (nSPS) is 18.1. The zero-order valence-corrected chi connectivity index (χ0v) is 11.2. The maximum absolute atomic E-state index is 9.11. The quantitative estimate of drug-likeness (QED) is 0.833. The van der Waals surface area contributed by atoms with Crippen molar-refractivity contribution in [2.75, 3.05) is 19.6 Å². The molecule has 2 N–H and O–H groups in total. The second-order valence-electron chi connectivity index (χ2n) is 5.07. The van der Waals surface area contributed by atoms with E-state index in [2.05, 4.69) is 29.3 Å².